The molecule has 0 bridgehead atoms. The van der Waals surface area contributed by atoms with Crippen molar-refractivity contribution in [2.45, 2.75) is 20.1 Å². The average Bonchev–Trinajstić information content (AvgIpc) is 3.17. The van der Waals surface area contributed by atoms with Gasteiger partial charge in [0.15, 0.2) is 6.29 Å². The van der Waals surface area contributed by atoms with Gasteiger partial charge in [-0.1, -0.05) is 18.2 Å². The van der Waals surface area contributed by atoms with Gasteiger partial charge < -0.3 is 19.5 Å². The Morgan fingerprint density at radius 2 is 2.12 bits per heavy atom. The molecule has 7 nitrogen and oxygen atoms in total. The maximum absolute atomic E-state index is 11.7. The maximum atomic E-state index is 11.7. The zero-order valence-electron chi connectivity index (χ0n) is 15.0. The lowest BCUT2D eigenvalue weighted by molar-refractivity contribution is -0.0442. The first-order valence-electron chi connectivity index (χ1n) is 8.56. The molecule has 138 valence electrons. The molecule has 1 aromatic carbocycles. The van der Waals surface area contributed by atoms with Crippen molar-refractivity contribution in [1.82, 2.24) is 9.97 Å². The zero-order valence-corrected chi connectivity index (χ0v) is 15.0. The molecule has 1 fully saturated rings. The second-order valence-electron chi connectivity index (χ2n) is 5.93. The number of aromatic nitrogens is 2. The molecule has 1 aliphatic rings. The Kier molecular flexibility index (Phi) is 6.04. The summed E-state index contributed by atoms with van der Waals surface area (Å²) in [6, 6.07) is 7.70. The normalized spacial score (nSPS) is 14.8. The Hall–Kier alpha value is -2.64. The molecule has 0 unspecified atom stereocenters. The fourth-order valence-electron chi connectivity index (χ4n) is 2.48. The predicted molar refractivity (Wildman–Crippen MR) is 98.5 cm³/mol. The Bertz CT molecular complexity index is 826. The maximum Gasteiger partial charge on any atom is 0.255 e. The van der Waals surface area contributed by atoms with Gasteiger partial charge in [-0.25, -0.2) is 4.98 Å². The molecule has 26 heavy (non-hydrogen) atoms. The third-order valence-electron chi connectivity index (χ3n) is 4.05. The number of ether oxygens (including phenoxy) is 3. The molecule has 1 aliphatic heterocycles. The number of nitrogens with zero attached hydrogens (tertiary/aromatic N) is 1. The lowest BCUT2D eigenvalue weighted by atomic mass is 10.2. The molecule has 1 aromatic heterocycles. The van der Waals surface area contributed by atoms with E-state index in [9.17, 15) is 4.79 Å². The topological polar surface area (TPSA) is 85.5 Å². The molecular weight excluding hydrogens is 334 g/mol. The van der Waals surface area contributed by atoms with Crippen molar-refractivity contribution >= 4 is 5.95 Å². The largest absolute Gasteiger partial charge is 0.490 e. The summed E-state index contributed by atoms with van der Waals surface area (Å²) in [5, 5.41) is 3.06. The van der Waals surface area contributed by atoms with Gasteiger partial charge in [-0.15, -0.1) is 0 Å². The van der Waals surface area contributed by atoms with Crippen molar-refractivity contribution in [1.29, 1.82) is 0 Å². The molecule has 0 radical (unpaired) electrons. The van der Waals surface area contributed by atoms with Gasteiger partial charge in [-0.2, -0.15) is 0 Å². The summed E-state index contributed by atoms with van der Waals surface area (Å²) < 4.78 is 16.7. The van der Waals surface area contributed by atoms with E-state index in [1.54, 1.807) is 6.92 Å². The summed E-state index contributed by atoms with van der Waals surface area (Å²) in [5.41, 5.74) is 2.19. The lowest BCUT2D eigenvalue weighted by Gasteiger charge is -2.11. The van der Waals surface area contributed by atoms with Gasteiger partial charge in [0.05, 0.1) is 13.2 Å². The fourth-order valence-corrected chi connectivity index (χ4v) is 2.48. The van der Waals surface area contributed by atoms with Crippen LogP contribution in [0.25, 0.3) is 0 Å². The lowest BCUT2D eigenvalue weighted by Crippen LogP contribution is -2.17. The molecule has 0 atom stereocenters. The number of hydrogen-bond acceptors (Lipinski definition) is 6. The number of aromatic amines is 1. The first kappa shape index (κ1) is 18.2. The van der Waals surface area contributed by atoms with E-state index in [0.29, 0.717) is 37.9 Å². The quantitative estimate of drug-likeness (QED) is 0.741. The number of rotatable bonds is 7. The van der Waals surface area contributed by atoms with Gasteiger partial charge in [-0.3, -0.25) is 9.78 Å². The minimum Gasteiger partial charge on any atom is -0.490 e. The van der Waals surface area contributed by atoms with Crippen LogP contribution in [0.4, 0.5) is 5.95 Å². The summed E-state index contributed by atoms with van der Waals surface area (Å²) in [7, 11) is 0. The van der Waals surface area contributed by atoms with Gasteiger partial charge in [0, 0.05) is 23.4 Å². The molecule has 7 heteroatoms. The summed E-state index contributed by atoms with van der Waals surface area (Å²) >= 11 is 0. The summed E-state index contributed by atoms with van der Waals surface area (Å²) in [4.78, 5) is 18.7. The van der Waals surface area contributed by atoms with Crippen molar-refractivity contribution in [2.75, 3.05) is 31.7 Å². The molecule has 0 aliphatic carbocycles. The van der Waals surface area contributed by atoms with Crippen molar-refractivity contribution in [3.05, 3.63) is 63.6 Å². The first-order valence-corrected chi connectivity index (χ1v) is 8.56. The Labute approximate surface area is 152 Å². The third kappa shape index (κ3) is 4.71. The number of nitrogens with one attached hydrogen (secondary N) is 2. The van der Waals surface area contributed by atoms with Crippen LogP contribution < -0.4 is 15.6 Å². The van der Waals surface area contributed by atoms with Crippen LogP contribution in [0.3, 0.4) is 0 Å². The van der Waals surface area contributed by atoms with Gasteiger partial charge in [-0.05, 0) is 32.1 Å². The molecular formula is C19H23N3O4. The van der Waals surface area contributed by atoms with Crippen molar-refractivity contribution in [3.8, 4) is 5.75 Å². The number of benzene rings is 1. The molecule has 2 N–H and O–H groups in total. The molecule has 0 saturated carbocycles. The van der Waals surface area contributed by atoms with Crippen LogP contribution in [-0.2, 0) is 9.47 Å². The van der Waals surface area contributed by atoms with Gasteiger partial charge >= 0.3 is 0 Å². The Balaban J connectivity index is 1.45. The second-order valence-corrected chi connectivity index (χ2v) is 5.93. The van der Waals surface area contributed by atoms with Crippen LogP contribution in [0.5, 0.6) is 5.75 Å². The standard InChI is InChI=1S/C19H23N3O4/c1-13-14(2)21-19(22-17(13)23)20-8-3-4-9-24-16-7-5-6-15(12-16)18-25-10-11-26-18/h3-7,12,18H,8-11H2,1-2H3,(H2,20,21,22,23)/b4-3-. The predicted octanol–water partition coefficient (Wildman–Crippen LogP) is 2.48. The van der Waals surface area contributed by atoms with E-state index in [2.05, 4.69) is 15.3 Å². The van der Waals surface area contributed by atoms with Crippen LogP contribution >= 0.6 is 0 Å². The number of anilines is 1. The third-order valence-corrected chi connectivity index (χ3v) is 4.05. The van der Waals surface area contributed by atoms with Gasteiger partial charge in [0.1, 0.15) is 12.4 Å². The van der Waals surface area contributed by atoms with E-state index in [4.69, 9.17) is 14.2 Å². The van der Waals surface area contributed by atoms with Crippen LogP contribution in [0.15, 0.2) is 41.2 Å². The first-order chi connectivity index (χ1) is 12.6. The van der Waals surface area contributed by atoms with Crippen molar-refractivity contribution in [3.63, 3.8) is 0 Å². The highest BCUT2D eigenvalue weighted by molar-refractivity contribution is 5.30. The van der Waals surface area contributed by atoms with E-state index in [-0.39, 0.29) is 11.8 Å². The Morgan fingerprint density at radius 3 is 2.88 bits per heavy atom. The molecule has 2 aromatic rings. The minimum absolute atomic E-state index is 0.123. The molecule has 2 heterocycles. The highest BCUT2D eigenvalue weighted by Gasteiger charge is 2.18. The molecule has 3 rings (SSSR count). The van der Waals surface area contributed by atoms with Crippen LogP contribution in [-0.4, -0.2) is 36.3 Å². The van der Waals surface area contributed by atoms with Crippen LogP contribution in [0.1, 0.15) is 23.1 Å². The summed E-state index contributed by atoms with van der Waals surface area (Å²) in [6.07, 6.45) is 3.52. The molecule has 0 amide bonds. The monoisotopic (exact) mass is 357 g/mol. The minimum atomic E-state index is -0.300. The summed E-state index contributed by atoms with van der Waals surface area (Å²) in [6.45, 7) is 5.78. The fraction of sp³-hybridized carbons (Fsp3) is 0.368. The average molecular weight is 357 g/mol. The zero-order chi connectivity index (χ0) is 18.4. The van der Waals surface area contributed by atoms with E-state index in [1.807, 2.05) is 43.3 Å². The van der Waals surface area contributed by atoms with Gasteiger partial charge in [0.25, 0.3) is 5.56 Å². The number of H-pyrrole nitrogens is 1. The van der Waals surface area contributed by atoms with E-state index < -0.39 is 0 Å². The molecule has 0 spiro atoms. The highest BCUT2D eigenvalue weighted by atomic mass is 16.7. The van der Waals surface area contributed by atoms with E-state index >= 15 is 0 Å². The SMILES string of the molecule is Cc1nc(NC/C=C\COc2cccc(C3OCCO3)c2)[nH]c(=O)c1C. The van der Waals surface area contributed by atoms with E-state index in [0.717, 1.165) is 17.0 Å². The van der Waals surface area contributed by atoms with Crippen molar-refractivity contribution < 1.29 is 14.2 Å². The highest BCUT2D eigenvalue weighted by Crippen LogP contribution is 2.26. The Morgan fingerprint density at radius 1 is 1.31 bits per heavy atom. The smallest absolute Gasteiger partial charge is 0.255 e. The van der Waals surface area contributed by atoms with Gasteiger partial charge in [0.2, 0.25) is 5.95 Å². The molecule has 1 saturated heterocycles. The van der Waals surface area contributed by atoms with Crippen LogP contribution in [0.2, 0.25) is 0 Å². The second kappa shape index (κ2) is 8.64. The number of aryl methyl sites for hydroxylation is 1. The summed E-state index contributed by atoms with van der Waals surface area (Å²) in [5.74, 6) is 1.23. The number of hydrogen-bond donors (Lipinski definition) is 2. The van der Waals surface area contributed by atoms with Crippen molar-refractivity contribution in [2.24, 2.45) is 0 Å². The van der Waals surface area contributed by atoms with Crippen LogP contribution in [0, 0.1) is 13.8 Å². The van der Waals surface area contributed by atoms with E-state index in [1.165, 1.54) is 0 Å².